The summed E-state index contributed by atoms with van der Waals surface area (Å²) in [5.41, 5.74) is 7.76. The van der Waals surface area contributed by atoms with E-state index < -0.39 is 0 Å². The second-order valence-electron chi connectivity index (χ2n) is 6.45. The third kappa shape index (κ3) is 2.76. The number of nitrogens with one attached hydrogen (secondary N) is 1. The number of nitrogens with two attached hydrogens (primary N) is 1. The van der Waals surface area contributed by atoms with E-state index in [0.717, 1.165) is 18.8 Å². The van der Waals surface area contributed by atoms with Crippen molar-refractivity contribution in [3.63, 3.8) is 0 Å². The number of rotatable bonds is 3. The molecule has 3 N–H and O–H groups in total. The minimum Gasteiger partial charge on any atom is -0.325 e. The number of hydrogen-bond donors (Lipinski definition) is 2. The quantitative estimate of drug-likeness (QED) is 0.858. The van der Waals surface area contributed by atoms with Crippen molar-refractivity contribution in [3.05, 3.63) is 35.9 Å². The molecule has 2 heteroatoms. The normalized spacial score (nSPS) is 39.6. The summed E-state index contributed by atoms with van der Waals surface area (Å²) in [6.45, 7) is 2.19. The third-order valence-corrected chi connectivity index (χ3v) is 4.60. The summed E-state index contributed by atoms with van der Waals surface area (Å²) in [5, 5.41) is 3.82. The van der Waals surface area contributed by atoms with E-state index in [4.69, 9.17) is 5.73 Å². The monoisotopic (exact) mass is 244 g/mol. The maximum absolute atomic E-state index is 6.18. The Morgan fingerprint density at radius 3 is 2.50 bits per heavy atom. The van der Waals surface area contributed by atoms with E-state index >= 15 is 0 Å². The first kappa shape index (κ1) is 12.2. The lowest BCUT2D eigenvalue weighted by atomic mass is 9.81. The Balaban J connectivity index is 1.49. The summed E-state index contributed by atoms with van der Waals surface area (Å²) in [6.07, 6.45) is 6.11. The fourth-order valence-electron chi connectivity index (χ4n) is 3.19. The van der Waals surface area contributed by atoms with Crippen molar-refractivity contribution in [2.75, 3.05) is 0 Å². The van der Waals surface area contributed by atoms with Gasteiger partial charge in [0.15, 0.2) is 0 Å². The summed E-state index contributed by atoms with van der Waals surface area (Å²) in [7, 11) is 0. The molecule has 2 nitrogen and oxygen atoms in total. The van der Waals surface area contributed by atoms with Crippen LogP contribution in [0.2, 0.25) is 0 Å². The van der Waals surface area contributed by atoms with Crippen molar-refractivity contribution in [1.82, 2.24) is 5.32 Å². The summed E-state index contributed by atoms with van der Waals surface area (Å²) in [6, 6.07) is 12.3. The Morgan fingerprint density at radius 2 is 1.83 bits per heavy atom. The van der Waals surface area contributed by atoms with Crippen LogP contribution in [0.25, 0.3) is 0 Å². The van der Waals surface area contributed by atoms with Crippen LogP contribution in [0.3, 0.4) is 0 Å². The van der Waals surface area contributed by atoms with E-state index in [9.17, 15) is 0 Å². The third-order valence-electron chi connectivity index (χ3n) is 4.60. The van der Waals surface area contributed by atoms with E-state index in [2.05, 4.69) is 42.6 Å². The molecule has 2 aliphatic carbocycles. The smallest absolute Gasteiger partial charge is 0.0145 e. The summed E-state index contributed by atoms with van der Waals surface area (Å²) in [5.74, 6) is 0.748. The molecule has 2 saturated carbocycles. The van der Waals surface area contributed by atoms with Gasteiger partial charge in [-0.2, -0.15) is 0 Å². The van der Waals surface area contributed by atoms with E-state index in [-0.39, 0.29) is 5.54 Å². The Bertz CT molecular complexity index is 389. The molecule has 3 rings (SSSR count). The standard InChI is InChI=1S/C16H24N2/c1-16(17)9-7-13(8-10-16)18-15-11-14(15)12-5-3-2-4-6-12/h2-6,13-15,18H,7-11,17H2,1H3/t13?,14-,15+,16?/m0/s1. The molecular formula is C16H24N2. The van der Waals surface area contributed by atoms with Gasteiger partial charge in [-0.05, 0) is 44.6 Å². The van der Waals surface area contributed by atoms with Crippen LogP contribution in [-0.4, -0.2) is 17.6 Å². The molecule has 0 aliphatic heterocycles. The van der Waals surface area contributed by atoms with Crippen molar-refractivity contribution in [2.24, 2.45) is 5.73 Å². The Hall–Kier alpha value is -0.860. The van der Waals surface area contributed by atoms with Gasteiger partial charge in [0.2, 0.25) is 0 Å². The van der Waals surface area contributed by atoms with Gasteiger partial charge >= 0.3 is 0 Å². The van der Waals surface area contributed by atoms with Gasteiger partial charge in [-0.25, -0.2) is 0 Å². The van der Waals surface area contributed by atoms with Gasteiger partial charge in [-0.3, -0.25) is 0 Å². The van der Waals surface area contributed by atoms with Crippen LogP contribution in [0.1, 0.15) is 50.5 Å². The highest BCUT2D eigenvalue weighted by Crippen LogP contribution is 2.41. The Labute approximate surface area is 110 Å². The molecule has 0 unspecified atom stereocenters. The van der Waals surface area contributed by atoms with Crippen LogP contribution in [0, 0.1) is 0 Å². The molecule has 2 fully saturated rings. The van der Waals surface area contributed by atoms with Crippen LogP contribution < -0.4 is 11.1 Å². The van der Waals surface area contributed by atoms with Crippen LogP contribution >= 0.6 is 0 Å². The van der Waals surface area contributed by atoms with Crippen LogP contribution in [0.4, 0.5) is 0 Å². The maximum atomic E-state index is 6.18. The first-order valence-corrected chi connectivity index (χ1v) is 7.24. The number of hydrogen-bond acceptors (Lipinski definition) is 2. The van der Waals surface area contributed by atoms with E-state index in [1.54, 1.807) is 0 Å². The zero-order chi connectivity index (χ0) is 12.6. The molecule has 0 heterocycles. The largest absolute Gasteiger partial charge is 0.325 e. The molecule has 0 amide bonds. The lowest BCUT2D eigenvalue weighted by molar-refractivity contribution is 0.265. The van der Waals surface area contributed by atoms with E-state index in [0.29, 0.717) is 12.1 Å². The van der Waals surface area contributed by atoms with Crippen LogP contribution in [-0.2, 0) is 0 Å². The van der Waals surface area contributed by atoms with Crippen LogP contribution in [0.5, 0.6) is 0 Å². The van der Waals surface area contributed by atoms with Gasteiger partial charge in [0, 0.05) is 23.5 Å². The topological polar surface area (TPSA) is 38.0 Å². The van der Waals surface area contributed by atoms with Crippen molar-refractivity contribution >= 4 is 0 Å². The molecule has 98 valence electrons. The summed E-state index contributed by atoms with van der Waals surface area (Å²) in [4.78, 5) is 0. The predicted octanol–water partition coefficient (Wildman–Crippen LogP) is 2.79. The van der Waals surface area contributed by atoms with Gasteiger partial charge in [0.25, 0.3) is 0 Å². The van der Waals surface area contributed by atoms with Gasteiger partial charge in [-0.1, -0.05) is 30.3 Å². The first-order chi connectivity index (χ1) is 8.64. The van der Waals surface area contributed by atoms with Crippen LogP contribution in [0.15, 0.2) is 30.3 Å². The molecule has 0 bridgehead atoms. The lowest BCUT2D eigenvalue weighted by Crippen LogP contribution is -2.45. The Kier molecular flexibility index (Phi) is 3.16. The minimum absolute atomic E-state index is 0.0839. The average Bonchev–Trinajstić information content (AvgIpc) is 3.12. The van der Waals surface area contributed by atoms with Gasteiger partial charge in [0.05, 0.1) is 0 Å². The van der Waals surface area contributed by atoms with Crippen molar-refractivity contribution in [1.29, 1.82) is 0 Å². The molecule has 0 aromatic heterocycles. The Morgan fingerprint density at radius 1 is 1.17 bits per heavy atom. The molecule has 2 atom stereocenters. The maximum Gasteiger partial charge on any atom is 0.0145 e. The van der Waals surface area contributed by atoms with Gasteiger partial charge in [0.1, 0.15) is 0 Å². The first-order valence-electron chi connectivity index (χ1n) is 7.24. The SMILES string of the molecule is CC1(N)CCC(N[C@@H]2C[C@H]2c2ccccc2)CC1. The molecular weight excluding hydrogens is 220 g/mol. The zero-order valence-corrected chi connectivity index (χ0v) is 11.2. The van der Waals surface area contributed by atoms with Gasteiger partial charge in [-0.15, -0.1) is 0 Å². The number of benzene rings is 1. The highest BCUT2D eigenvalue weighted by molar-refractivity contribution is 5.27. The summed E-state index contributed by atoms with van der Waals surface area (Å²) < 4.78 is 0. The highest BCUT2D eigenvalue weighted by Gasteiger charge is 2.40. The van der Waals surface area contributed by atoms with E-state index in [1.165, 1.54) is 24.8 Å². The fraction of sp³-hybridized carbons (Fsp3) is 0.625. The molecule has 0 saturated heterocycles. The fourth-order valence-corrected chi connectivity index (χ4v) is 3.19. The highest BCUT2D eigenvalue weighted by atomic mass is 15.0. The van der Waals surface area contributed by atoms with Gasteiger partial charge < -0.3 is 11.1 Å². The van der Waals surface area contributed by atoms with Crippen molar-refractivity contribution in [2.45, 2.75) is 62.6 Å². The molecule has 0 radical (unpaired) electrons. The minimum atomic E-state index is 0.0839. The van der Waals surface area contributed by atoms with Crippen molar-refractivity contribution < 1.29 is 0 Å². The second kappa shape index (κ2) is 4.67. The van der Waals surface area contributed by atoms with Crippen molar-refractivity contribution in [3.8, 4) is 0 Å². The zero-order valence-electron chi connectivity index (χ0n) is 11.2. The molecule has 0 spiro atoms. The molecule has 1 aromatic carbocycles. The predicted molar refractivity (Wildman–Crippen MR) is 75.6 cm³/mol. The molecule has 2 aliphatic rings. The lowest BCUT2D eigenvalue weighted by Gasteiger charge is -2.34. The molecule has 1 aromatic rings. The van der Waals surface area contributed by atoms with E-state index in [1.807, 2.05) is 0 Å². The molecule has 18 heavy (non-hydrogen) atoms. The average molecular weight is 244 g/mol. The summed E-state index contributed by atoms with van der Waals surface area (Å²) >= 11 is 0. The second-order valence-corrected chi connectivity index (χ2v) is 6.45.